The van der Waals surface area contributed by atoms with Crippen LogP contribution in [0.2, 0.25) is 0 Å². The first kappa shape index (κ1) is 29.2. The summed E-state index contributed by atoms with van der Waals surface area (Å²) in [5, 5.41) is 3.90. The van der Waals surface area contributed by atoms with Gasteiger partial charge in [0.15, 0.2) is 0 Å². The van der Waals surface area contributed by atoms with Gasteiger partial charge in [0.25, 0.3) is 5.91 Å². The monoisotopic (exact) mass is 559 g/mol. The van der Waals surface area contributed by atoms with Crippen molar-refractivity contribution in [3.05, 3.63) is 102 Å². The van der Waals surface area contributed by atoms with Crippen LogP contribution in [-0.2, 0) is 4.79 Å². The molecule has 1 unspecified atom stereocenters. The van der Waals surface area contributed by atoms with E-state index in [9.17, 15) is 14.0 Å². The summed E-state index contributed by atoms with van der Waals surface area (Å²) in [6.45, 7) is 11.4. The van der Waals surface area contributed by atoms with E-state index in [4.69, 9.17) is 4.43 Å². The van der Waals surface area contributed by atoms with Crippen LogP contribution >= 0.6 is 0 Å². The smallest absolute Gasteiger partial charge is 0.331 e. The molecule has 2 heterocycles. The number of hydrogen-bond acceptors (Lipinski definition) is 5. The maximum absolute atomic E-state index is 14.5. The lowest BCUT2D eigenvalue weighted by atomic mass is 10.1. The molecule has 0 saturated carbocycles. The number of carbonyl (C=O) groups excluding carboxylic acids is 2. The molecule has 9 heteroatoms. The van der Waals surface area contributed by atoms with Gasteiger partial charge in [-0.1, -0.05) is 31.7 Å². The number of aromatic nitrogens is 1. The molecule has 1 aliphatic heterocycles. The van der Waals surface area contributed by atoms with E-state index in [-0.39, 0.29) is 29.7 Å². The largest absolute Gasteiger partial charge is 0.536 e. The van der Waals surface area contributed by atoms with Crippen LogP contribution in [0.1, 0.15) is 47.8 Å². The Morgan fingerprint density at radius 1 is 1.23 bits per heavy atom. The van der Waals surface area contributed by atoms with E-state index >= 15 is 0 Å². The molecule has 1 saturated heterocycles. The van der Waals surface area contributed by atoms with Crippen LogP contribution in [0.5, 0.6) is 5.75 Å². The molecule has 3 aromatic rings. The van der Waals surface area contributed by atoms with Crippen molar-refractivity contribution in [2.45, 2.75) is 39.3 Å². The molecule has 1 fully saturated rings. The van der Waals surface area contributed by atoms with E-state index in [0.717, 1.165) is 17.2 Å². The summed E-state index contributed by atoms with van der Waals surface area (Å²) in [4.78, 5) is 33.4. The van der Waals surface area contributed by atoms with E-state index in [2.05, 4.69) is 21.8 Å². The number of benzene rings is 2. The van der Waals surface area contributed by atoms with Gasteiger partial charge >= 0.3 is 9.04 Å². The van der Waals surface area contributed by atoms with E-state index in [0.29, 0.717) is 42.7 Å². The molecular weight excluding hydrogens is 523 g/mol. The summed E-state index contributed by atoms with van der Waals surface area (Å²) in [7, 11) is -1.71. The van der Waals surface area contributed by atoms with E-state index in [1.807, 2.05) is 36.9 Å². The topological polar surface area (TPSA) is 74.8 Å². The Hall–Kier alpha value is -3.82. The number of nitrogens with one attached hydrogen (secondary N) is 1. The number of hydrogen-bond donors (Lipinski definition) is 1. The van der Waals surface area contributed by atoms with Crippen LogP contribution in [-0.4, -0.2) is 67.5 Å². The molecule has 1 radical (unpaired) electrons. The number of pyridine rings is 1. The van der Waals surface area contributed by atoms with Crippen molar-refractivity contribution in [1.29, 1.82) is 0 Å². The zero-order valence-corrected chi connectivity index (χ0v) is 24.3. The molecule has 1 aromatic heterocycles. The van der Waals surface area contributed by atoms with E-state index < -0.39 is 9.04 Å². The third kappa shape index (κ3) is 7.22. The van der Waals surface area contributed by atoms with Gasteiger partial charge in [-0.15, -0.1) is 0 Å². The molecule has 1 N–H and O–H groups in total. The fraction of sp³-hybridized carbons (Fsp3) is 0.323. The Kier molecular flexibility index (Phi) is 9.84. The maximum Gasteiger partial charge on any atom is 0.331 e. The third-order valence-electron chi connectivity index (χ3n) is 7.19. The zero-order valence-electron chi connectivity index (χ0n) is 23.3. The molecule has 0 bridgehead atoms. The number of rotatable bonds is 10. The number of halogens is 1. The Morgan fingerprint density at radius 3 is 2.62 bits per heavy atom. The van der Waals surface area contributed by atoms with Crippen LogP contribution in [0.4, 0.5) is 4.39 Å². The quantitative estimate of drug-likeness (QED) is 0.301. The van der Waals surface area contributed by atoms with Crippen molar-refractivity contribution in [3.8, 4) is 5.75 Å². The molecule has 0 spiro atoms. The van der Waals surface area contributed by atoms with Crippen LogP contribution in [0.15, 0.2) is 79.6 Å². The minimum absolute atomic E-state index is 0.0358. The molecule has 2 aromatic carbocycles. The first-order chi connectivity index (χ1) is 19.3. The van der Waals surface area contributed by atoms with Gasteiger partial charge in [0, 0.05) is 49.8 Å². The predicted octanol–water partition coefficient (Wildman–Crippen LogP) is 3.95. The van der Waals surface area contributed by atoms with E-state index in [1.165, 1.54) is 6.08 Å². The summed E-state index contributed by atoms with van der Waals surface area (Å²) in [6, 6.07) is 16.1. The third-order valence-corrected chi connectivity index (χ3v) is 9.36. The summed E-state index contributed by atoms with van der Waals surface area (Å²) >= 11 is 0. The van der Waals surface area contributed by atoms with Crippen LogP contribution in [0, 0.1) is 12.7 Å². The first-order valence-corrected chi connectivity index (χ1v) is 15.2. The number of carbonyl (C=O) groups is 2. The summed E-state index contributed by atoms with van der Waals surface area (Å²) < 4.78 is 21.0. The highest BCUT2D eigenvalue weighted by atomic mass is 28.3. The van der Waals surface area contributed by atoms with Gasteiger partial charge in [-0.3, -0.25) is 19.5 Å². The lowest BCUT2D eigenvalue weighted by molar-refractivity contribution is -0.130. The lowest BCUT2D eigenvalue weighted by Gasteiger charge is -2.40. The second-order valence-corrected chi connectivity index (χ2v) is 12.0. The maximum atomic E-state index is 14.5. The minimum atomic E-state index is -1.71. The summed E-state index contributed by atoms with van der Waals surface area (Å²) in [5.41, 5.74) is 2.07. The van der Waals surface area contributed by atoms with Gasteiger partial charge in [0.1, 0.15) is 11.6 Å². The molecule has 7 nitrogen and oxygen atoms in total. The highest BCUT2D eigenvalue weighted by Crippen LogP contribution is 2.19. The van der Waals surface area contributed by atoms with E-state index in [1.54, 1.807) is 55.7 Å². The van der Waals surface area contributed by atoms with Crippen molar-refractivity contribution in [2.24, 2.45) is 0 Å². The first-order valence-electron chi connectivity index (χ1n) is 13.6. The molecule has 2 atom stereocenters. The number of amides is 2. The second-order valence-electron chi connectivity index (χ2n) is 10.1. The Morgan fingerprint density at radius 2 is 2.00 bits per heavy atom. The Bertz CT molecular complexity index is 1320. The van der Waals surface area contributed by atoms with Crippen molar-refractivity contribution >= 4 is 26.0 Å². The highest BCUT2D eigenvalue weighted by Gasteiger charge is 2.30. The highest BCUT2D eigenvalue weighted by molar-refractivity contribution is 6.68. The molecule has 1 aliphatic rings. The average Bonchev–Trinajstić information content (AvgIpc) is 2.97. The molecule has 40 heavy (non-hydrogen) atoms. The van der Waals surface area contributed by atoms with Gasteiger partial charge in [0.05, 0.1) is 6.04 Å². The van der Waals surface area contributed by atoms with Gasteiger partial charge in [-0.2, -0.15) is 0 Å². The molecule has 4 rings (SSSR count). The minimum Gasteiger partial charge on any atom is -0.536 e. The van der Waals surface area contributed by atoms with Gasteiger partial charge in [0.2, 0.25) is 5.91 Å². The second kappa shape index (κ2) is 13.5. The van der Waals surface area contributed by atoms with Crippen LogP contribution < -0.4 is 14.9 Å². The number of piperazine rings is 1. The predicted molar refractivity (Wildman–Crippen MR) is 156 cm³/mol. The molecule has 2 amide bonds. The molecule has 209 valence electrons. The zero-order chi connectivity index (χ0) is 28.6. The van der Waals surface area contributed by atoms with Gasteiger partial charge in [-0.25, -0.2) is 4.39 Å². The summed E-state index contributed by atoms with van der Waals surface area (Å²) in [6.07, 6.45) is 6.19. The van der Waals surface area contributed by atoms with Crippen molar-refractivity contribution in [1.82, 2.24) is 20.1 Å². The van der Waals surface area contributed by atoms with Crippen molar-refractivity contribution in [3.63, 3.8) is 0 Å². The number of nitrogens with zero attached hydrogens (tertiary/aromatic N) is 3. The van der Waals surface area contributed by atoms with Crippen molar-refractivity contribution < 1.29 is 18.4 Å². The van der Waals surface area contributed by atoms with Crippen LogP contribution in [0.25, 0.3) is 0 Å². The standard InChI is InChI=1S/C31H36FN4O3Si/c1-5-29(25-8-7-15-33-19-25)34-31(38)24-10-12-26(13-11-24)39-40(27-14-9-22(3)28(32)18-27)21-35-16-17-36(23(4)20-35)30(37)6-2/h6-15,18-19,23,29H,2,5,16-17,20-21H2,1,3-4H3,(H,34,38)/t23-,29?/m1/s1. The SMILES string of the molecule is C=CC(=O)N1CCN(C[Si](Oc2ccc(C(=O)NC(CC)c3cccnc3)cc2)c2ccc(C)c(F)c2)C[C@H]1C. The van der Waals surface area contributed by atoms with Crippen molar-refractivity contribution in [2.75, 3.05) is 25.8 Å². The number of aryl methyl sites for hydroxylation is 1. The normalized spacial score (nSPS) is 16.4. The fourth-order valence-electron chi connectivity index (χ4n) is 4.83. The Labute approximate surface area is 237 Å². The van der Waals surface area contributed by atoms with Gasteiger partial charge in [-0.05, 0) is 79.1 Å². The Balaban J connectivity index is 1.47. The average molecular weight is 560 g/mol. The molecular formula is C31H36FN4O3Si. The fourth-order valence-corrected chi connectivity index (χ4v) is 6.87. The van der Waals surface area contributed by atoms with Gasteiger partial charge < -0.3 is 14.6 Å². The van der Waals surface area contributed by atoms with Crippen LogP contribution in [0.3, 0.4) is 0 Å². The summed E-state index contributed by atoms with van der Waals surface area (Å²) in [5.74, 6) is 0.127. The molecule has 0 aliphatic carbocycles. The lowest BCUT2D eigenvalue weighted by Crippen LogP contribution is -2.57.